The Bertz CT molecular complexity index is 1020. The Hall–Kier alpha value is -2.00. The molecule has 1 saturated heterocycles. The first-order valence-electron chi connectivity index (χ1n) is 10.4. The minimum atomic E-state index is 0.688. The van der Waals surface area contributed by atoms with Crippen molar-refractivity contribution in [2.45, 2.75) is 20.5 Å². The summed E-state index contributed by atoms with van der Waals surface area (Å²) in [6.07, 6.45) is 0. The van der Waals surface area contributed by atoms with Gasteiger partial charge in [0.1, 0.15) is 5.75 Å². The van der Waals surface area contributed by atoms with E-state index >= 15 is 0 Å². The van der Waals surface area contributed by atoms with Gasteiger partial charge in [0.15, 0.2) is 5.82 Å². The van der Waals surface area contributed by atoms with E-state index in [-0.39, 0.29) is 0 Å². The van der Waals surface area contributed by atoms with Crippen molar-refractivity contribution in [3.8, 4) is 22.1 Å². The third-order valence-electron chi connectivity index (χ3n) is 5.33. The normalized spacial score (nSPS) is 15.7. The first-order chi connectivity index (χ1) is 14.6. The molecule has 1 fully saturated rings. The molecule has 3 heterocycles. The highest BCUT2D eigenvalue weighted by Gasteiger charge is 2.21. The maximum absolute atomic E-state index is 5.90. The Morgan fingerprint density at radius 1 is 1.07 bits per heavy atom. The Kier molecular flexibility index (Phi) is 6.67. The highest BCUT2D eigenvalue weighted by Crippen LogP contribution is 2.30. The summed E-state index contributed by atoms with van der Waals surface area (Å²) in [6, 6.07) is 12.1. The van der Waals surface area contributed by atoms with Gasteiger partial charge in [-0.2, -0.15) is 0 Å². The molecule has 3 aromatic rings. The van der Waals surface area contributed by atoms with Crippen LogP contribution < -0.4 is 4.74 Å². The van der Waals surface area contributed by atoms with Crippen molar-refractivity contribution in [2.75, 3.05) is 39.8 Å². The molecule has 0 N–H and O–H groups in total. The Labute approximate surface area is 187 Å². The first kappa shape index (κ1) is 21.2. The highest BCUT2D eigenvalue weighted by atomic mass is 32.1. The van der Waals surface area contributed by atoms with Crippen molar-refractivity contribution < 1.29 is 4.74 Å². The van der Waals surface area contributed by atoms with Gasteiger partial charge in [-0.25, -0.2) is 4.68 Å². The molecular formula is C22H29N5OS2. The fraction of sp³-hybridized carbons (Fsp3) is 0.455. The van der Waals surface area contributed by atoms with E-state index in [1.807, 2.05) is 39.6 Å². The summed E-state index contributed by atoms with van der Waals surface area (Å²) in [5, 5.41) is 7.01. The van der Waals surface area contributed by atoms with E-state index in [1.54, 1.807) is 18.4 Å². The Morgan fingerprint density at radius 3 is 2.47 bits per heavy atom. The SMILES string of the molecule is COc1ccccc1-n1c(-c2cccs2)nn(CN2CCN(CC(C)C)CC2)c1=S. The van der Waals surface area contributed by atoms with Gasteiger partial charge in [0.2, 0.25) is 4.77 Å². The molecule has 6 nitrogen and oxygen atoms in total. The van der Waals surface area contributed by atoms with E-state index in [0.29, 0.717) is 17.4 Å². The molecule has 0 spiro atoms. The largest absolute Gasteiger partial charge is 0.495 e. The summed E-state index contributed by atoms with van der Waals surface area (Å²) >= 11 is 7.57. The van der Waals surface area contributed by atoms with Crippen LogP contribution in [0.2, 0.25) is 0 Å². The molecule has 4 rings (SSSR count). The van der Waals surface area contributed by atoms with Gasteiger partial charge in [0.25, 0.3) is 0 Å². The molecule has 0 bridgehead atoms. The zero-order valence-electron chi connectivity index (χ0n) is 17.8. The third-order valence-corrected chi connectivity index (χ3v) is 6.59. The van der Waals surface area contributed by atoms with Crippen molar-refractivity contribution in [1.82, 2.24) is 24.1 Å². The molecule has 0 aliphatic carbocycles. The van der Waals surface area contributed by atoms with E-state index in [0.717, 1.165) is 54.9 Å². The summed E-state index contributed by atoms with van der Waals surface area (Å²) < 4.78 is 10.3. The average Bonchev–Trinajstić information content (AvgIpc) is 3.38. The van der Waals surface area contributed by atoms with Gasteiger partial charge in [-0.05, 0) is 41.7 Å². The number of methoxy groups -OCH3 is 1. The number of para-hydroxylation sites is 2. The molecule has 0 radical (unpaired) electrons. The topological polar surface area (TPSA) is 38.5 Å². The van der Waals surface area contributed by atoms with Gasteiger partial charge in [-0.15, -0.1) is 16.4 Å². The fourth-order valence-corrected chi connectivity index (χ4v) is 4.90. The molecule has 2 aromatic heterocycles. The molecule has 0 amide bonds. The van der Waals surface area contributed by atoms with Crippen LogP contribution in [0, 0.1) is 10.7 Å². The number of hydrogen-bond donors (Lipinski definition) is 0. The summed E-state index contributed by atoms with van der Waals surface area (Å²) in [5.41, 5.74) is 0.918. The van der Waals surface area contributed by atoms with Crippen molar-refractivity contribution >= 4 is 23.6 Å². The van der Waals surface area contributed by atoms with E-state index in [2.05, 4.69) is 35.1 Å². The zero-order chi connectivity index (χ0) is 21.1. The van der Waals surface area contributed by atoms with Gasteiger partial charge in [0.05, 0.1) is 24.3 Å². The lowest BCUT2D eigenvalue weighted by molar-refractivity contribution is 0.0951. The molecule has 1 aliphatic heterocycles. The molecule has 160 valence electrons. The van der Waals surface area contributed by atoms with Crippen molar-refractivity contribution in [1.29, 1.82) is 0 Å². The van der Waals surface area contributed by atoms with Gasteiger partial charge >= 0.3 is 0 Å². The second-order valence-electron chi connectivity index (χ2n) is 8.04. The number of thiophene rings is 1. The molecule has 0 atom stereocenters. The lowest BCUT2D eigenvalue weighted by Crippen LogP contribution is -2.47. The average molecular weight is 444 g/mol. The minimum Gasteiger partial charge on any atom is -0.495 e. The summed E-state index contributed by atoms with van der Waals surface area (Å²) in [5.74, 6) is 2.35. The second kappa shape index (κ2) is 9.43. The van der Waals surface area contributed by atoms with Crippen LogP contribution in [0.25, 0.3) is 16.4 Å². The zero-order valence-corrected chi connectivity index (χ0v) is 19.5. The predicted octanol–water partition coefficient (Wildman–Crippen LogP) is 4.37. The Morgan fingerprint density at radius 2 is 1.80 bits per heavy atom. The maximum Gasteiger partial charge on any atom is 0.204 e. The summed E-state index contributed by atoms with van der Waals surface area (Å²) in [6.45, 7) is 10.7. The van der Waals surface area contributed by atoms with Gasteiger partial charge in [0, 0.05) is 32.7 Å². The molecular weight excluding hydrogens is 414 g/mol. The molecule has 30 heavy (non-hydrogen) atoms. The van der Waals surface area contributed by atoms with Crippen LogP contribution in [-0.2, 0) is 6.67 Å². The number of rotatable bonds is 7. The third kappa shape index (κ3) is 4.51. The van der Waals surface area contributed by atoms with E-state index in [9.17, 15) is 0 Å². The van der Waals surface area contributed by atoms with E-state index in [1.165, 1.54) is 0 Å². The quantitative estimate of drug-likeness (QED) is 0.507. The van der Waals surface area contributed by atoms with Gasteiger partial charge in [-0.1, -0.05) is 32.0 Å². The van der Waals surface area contributed by atoms with Crippen LogP contribution in [0.4, 0.5) is 0 Å². The van der Waals surface area contributed by atoms with Crippen LogP contribution in [0.15, 0.2) is 41.8 Å². The molecule has 0 unspecified atom stereocenters. The van der Waals surface area contributed by atoms with E-state index < -0.39 is 0 Å². The minimum absolute atomic E-state index is 0.688. The fourth-order valence-electron chi connectivity index (χ4n) is 3.92. The first-order valence-corrected chi connectivity index (χ1v) is 11.7. The number of aromatic nitrogens is 3. The van der Waals surface area contributed by atoms with E-state index in [4.69, 9.17) is 22.1 Å². The smallest absolute Gasteiger partial charge is 0.204 e. The highest BCUT2D eigenvalue weighted by molar-refractivity contribution is 7.71. The summed E-state index contributed by atoms with van der Waals surface area (Å²) in [7, 11) is 1.69. The number of benzene rings is 1. The lowest BCUT2D eigenvalue weighted by atomic mass is 10.2. The van der Waals surface area contributed by atoms with Crippen molar-refractivity contribution in [3.05, 3.63) is 46.5 Å². The lowest BCUT2D eigenvalue weighted by Gasteiger charge is -2.35. The molecule has 1 aliphatic rings. The number of ether oxygens (including phenoxy) is 1. The standard InChI is InChI=1S/C22H29N5OS2/c1-17(2)15-24-10-12-25(13-11-24)16-26-22(29)27(18-7-4-5-8-19(18)28-3)21(23-26)20-9-6-14-30-20/h4-9,14,17H,10-13,15-16H2,1-3H3. The predicted molar refractivity (Wildman–Crippen MR) is 125 cm³/mol. The van der Waals surface area contributed by atoms with Crippen molar-refractivity contribution in [2.24, 2.45) is 5.92 Å². The molecule has 8 heteroatoms. The van der Waals surface area contributed by atoms with Gasteiger partial charge in [-0.3, -0.25) is 9.47 Å². The number of hydrogen-bond acceptors (Lipinski definition) is 6. The van der Waals surface area contributed by atoms with Crippen LogP contribution in [0.1, 0.15) is 13.8 Å². The second-order valence-corrected chi connectivity index (χ2v) is 9.36. The van der Waals surface area contributed by atoms with Crippen LogP contribution in [0.3, 0.4) is 0 Å². The van der Waals surface area contributed by atoms with Gasteiger partial charge < -0.3 is 9.64 Å². The Balaban J connectivity index is 1.64. The summed E-state index contributed by atoms with van der Waals surface area (Å²) in [4.78, 5) is 6.07. The maximum atomic E-state index is 5.90. The van der Waals surface area contributed by atoms with Crippen LogP contribution in [0.5, 0.6) is 5.75 Å². The van der Waals surface area contributed by atoms with Crippen LogP contribution in [-0.4, -0.2) is 64.0 Å². The number of nitrogens with zero attached hydrogens (tertiary/aromatic N) is 5. The molecule has 0 saturated carbocycles. The monoisotopic (exact) mass is 443 g/mol. The van der Waals surface area contributed by atoms with Crippen molar-refractivity contribution in [3.63, 3.8) is 0 Å². The number of piperazine rings is 1. The molecule has 1 aromatic carbocycles. The van der Waals surface area contributed by atoms with Crippen LogP contribution >= 0.6 is 23.6 Å².